The molecule has 0 bridgehead atoms. The molecule has 150 valence electrons. The molecular formula is C19H24F4N2O2. The van der Waals surface area contributed by atoms with Crippen molar-refractivity contribution in [3.63, 3.8) is 0 Å². The van der Waals surface area contributed by atoms with Crippen molar-refractivity contribution in [2.45, 2.75) is 57.9 Å². The van der Waals surface area contributed by atoms with E-state index in [0.717, 1.165) is 6.07 Å². The van der Waals surface area contributed by atoms with Crippen LogP contribution in [0, 0.1) is 0 Å². The molecular weight excluding hydrogens is 364 g/mol. The third-order valence-corrected chi connectivity index (χ3v) is 5.33. The fraction of sp³-hybridized carbons (Fsp3) is 0.632. The molecule has 0 N–H and O–H groups in total. The van der Waals surface area contributed by atoms with Crippen LogP contribution in [0.25, 0.3) is 0 Å². The minimum atomic E-state index is -4.54. The maximum Gasteiger partial charge on any atom is 0.416 e. The highest BCUT2D eigenvalue weighted by Crippen LogP contribution is 2.39. The van der Waals surface area contributed by atoms with E-state index < -0.39 is 24.0 Å². The minimum absolute atomic E-state index is 0.0337. The molecule has 3 rings (SSSR count). The molecule has 2 atom stereocenters. The number of nitrogens with zero attached hydrogens (tertiary/aromatic N) is 2. The first-order valence-electron chi connectivity index (χ1n) is 9.05. The van der Waals surface area contributed by atoms with Crippen LogP contribution in [-0.2, 0) is 24.0 Å². The van der Waals surface area contributed by atoms with Crippen LogP contribution in [0.2, 0.25) is 0 Å². The van der Waals surface area contributed by atoms with Crippen molar-refractivity contribution in [1.82, 2.24) is 9.80 Å². The van der Waals surface area contributed by atoms with E-state index in [1.807, 2.05) is 0 Å². The van der Waals surface area contributed by atoms with Gasteiger partial charge < -0.3 is 9.64 Å². The fourth-order valence-corrected chi connectivity index (χ4v) is 3.86. The van der Waals surface area contributed by atoms with E-state index in [1.165, 1.54) is 18.1 Å². The molecule has 1 fully saturated rings. The summed E-state index contributed by atoms with van der Waals surface area (Å²) in [6.07, 6.45) is -5.72. The Labute approximate surface area is 156 Å². The largest absolute Gasteiger partial charge is 0.416 e. The predicted octanol–water partition coefficient (Wildman–Crippen LogP) is 3.63. The van der Waals surface area contributed by atoms with E-state index in [2.05, 4.69) is 0 Å². The Bertz CT molecular complexity index is 720. The van der Waals surface area contributed by atoms with Gasteiger partial charge in [0.05, 0.1) is 11.7 Å². The van der Waals surface area contributed by atoms with Gasteiger partial charge in [-0.25, -0.2) is 4.39 Å². The van der Waals surface area contributed by atoms with Crippen molar-refractivity contribution in [3.05, 3.63) is 34.4 Å². The molecule has 2 aliphatic heterocycles. The van der Waals surface area contributed by atoms with Gasteiger partial charge in [0, 0.05) is 44.9 Å². The lowest BCUT2D eigenvalue weighted by Gasteiger charge is -2.34. The Kier molecular flexibility index (Phi) is 5.49. The molecule has 2 aliphatic rings. The van der Waals surface area contributed by atoms with E-state index in [9.17, 15) is 22.4 Å². The van der Waals surface area contributed by atoms with Crippen LogP contribution in [0.5, 0.6) is 0 Å². The van der Waals surface area contributed by atoms with Gasteiger partial charge in [0.25, 0.3) is 5.91 Å². The highest BCUT2D eigenvalue weighted by molar-refractivity contribution is 5.99. The number of rotatable bonds is 4. The normalized spacial score (nSPS) is 24.0. The van der Waals surface area contributed by atoms with Crippen molar-refractivity contribution in [2.24, 2.45) is 0 Å². The third-order valence-electron chi connectivity index (χ3n) is 5.33. The summed E-state index contributed by atoms with van der Waals surface area (Å²) in [5.41, 5.74) is -0.248. The van der Waals surface area contributed by atoms with Gasteiger partial charge in [-0.15, -0.1) is 0 Å². The second kappa shape index (κ2) is 7.39. The Hall–Kier alpha value is -1.67. The van der Waals surface area contributed by atoms with Crippen molar-refractivity contribution in [2.75, 3.05) is 20.2 Å². The SMILES string of the molecule is COC1CCN(Cc2cc3c(c(C(F)(F)F)c2)CN(C(C)C)C3=O)CC1F. The Morgan fingerprint density at radius 1 is 1.30 bits per heavy atom. The van der Waals surface area contributed by atoms with Crippen molar-refractivity contribution in [1.29, 1.82) is 0 Å². The number of benzene rings is 1. The Morgan fingerprint density at radius 2 is 2.00 bits per heavy atom. The second-order valence-electron chi connectivity index (χ2n) is 7.51. The number of methoxy groups -OCH3 is 1. The summed E-state index contributed by atoms with van der Waals surface area (Å²) >= 11 is 0. The standard InChI is InChI=1S/C19H24F4N2O2/c1-11(2)25-9-14-13(18(25)26)6-12(7-15(14)19(21,22)23)8-24-5-4-17(27-3)16(20)10-24/h6-7,11,16-17H,4-5,8-10H2,1-3H3. The Balaban J connectivity index is 1.89. The molecule has 1 saturated heterocycles. The molecule has 8 heteroatoms. The molecule has 1 aromatic carbocycles. The second-order valence-corrected chi connectivity index (χ2v) is 7.51. The van der Waals surface area contributed by atoms with Gasteiger partial charge in [-0.05, 0) is 43.5 Å². The van der Waals surface area contributed by atoms with E-state index in [-0.39, 0.29) is 42.7 Å². The third kappa shape index (κ3) is 3.96. The smallest absolute Gasteiger partial charge is 0.378 e. The maximum atomic E-state index is 14.1. The molecule has 2 unspecified atom stereocenters. The van der Waals surface area contributed by atoms with Gasteiger partial charge >= 0.3 is 6.18 Å². The van der Waals surface area contributed by atoms with Gasteiger partial charge in [-0.1, -0.05) is 0 Å². The summed E-state index contributed by atoms with van der Waals surface area (Å²) in [6, 6.07) is 2.45. The lowest BCUT2D eigenvalue weighted by Crippen LogP contribution is -2.44. The number of carbonyl (C=O) groups excluding carboxylic acids is 1. The summed E-state index contributed by atoms with van der Waals surface area (Å²) in [4.78, 5) is 15.8. The lowest BCUT2D eigenvalue weighted by molar-refractivity contribution is -0.138. The van der Waals surface area contributed by atoms with Crippen LogP contribution < -0.4 is 0 Å². The van der Waals surface area contributed by atoms with Gasteiger partial charge in [-0.3, -0.25) is 9.69 Å². The molecule has 2 heterocycles. The van der Waals surface area contributed by atoms with Crippen molar-refractivity contribution < 1.29 is 27.1 Å². The van der Waals surface area contributed by atoms with E-state index in [0.29, 0.717) is 18.5 Å². The summed E-state index contributed by atoms with van der Waals surface area (Å²) < 4.78 is 59.9. The van der Waals surface area contributed by atoms with Crippen molar-refractivity contribution in [3.8, 4) is 0 Å². The average molecular weight is 388 g/mol. The molecule has 0 aromatic heterocycles. The zero-order valence-electron chi connectivity index (χ0n) is 15.6. The maximum absolute atomic E-state index is 14.1. The number of likely N-dealkylation sites (tertiary alicyclic amines) is 1. The van der Waals surface area contributed by atoms with E-state index in [1.54, 1.807) is 18.7 Å². The minimum Gasteiger partial charge on any atom is -0.378 e. The van der Waals surface area contributed by atoms with Crippen LogP contribution in [0.1, 0.15) is 47.3 Å². The zero-order chi connectivity index (χ0) is 19.9. The number of halogens is 4. The molecule has 1 aromatic rings. The number of alkyl halides is 4. The monoisotopic (exact) mass is 388 g/mol. The summed E-state index contributed by atoms with van der Waals surface area (Å²) in [5.74, 6) is -0.381. The topological polar surface area (TPSA) is 32.8 Å². The van der Waals surface area contributed by atoms with Crippen LogP contribution in [0.4, 0.5) is 17.6 Å². The number of hydrogen-bond donors (Lipinski definition) is 0. The first-order valence-corrected chi connectivity index (χ1v) is 9.05. The van der Waals surface area contributed by atoms with Crippen LogP contribution in [-0.4, -0.2) is 54.2 Å². The van der Waals surface area contributed by atoms with Gasteiger partial charge in [0.15, 0.2) is 0 Å². The Morgan fingerprint density at radius 3 is 2.56 bits per heavy atom. The molecule has 0 spiro atoms. The van der Waals surface area contributed by atoms with E-state index in [4.69, 9.17) is 4.74 Å². The highest BCUT2D eigenvalue weighted by Gasteiger charge is 2.41. The summed E-state index contributed by atoms with van der Waals surface area (Å²) in [6.45, 7) is 4.32. The van der Waals surface area contributed by atoms with Crippen molar-refractivity contribution >= 4 is 5.91 Å². The fourth-order valence-electron chi connectivity index (χ4n) is 3.86. The van der Waals surface area contributed by atoms with Crippen LogP contribution in [0.15, 0.2) is 12.1 Å². The lowest BCUT2D eigenvalue weighted by atomic mass is 9.97. The first kappa shape index (κ1) is 20.1. The number of piperidine rings is 1. The van der Waals surface area contributed by atoms with Gasteiger partial charge in [-0.2, -0.15) is 13.2 Å². The number of hydrogen-bond acceptors (Lipinski definition) is 3. The predicted molar refractivity (Wildman–Crippen MR) is 92.0 cm³/mol. The summed E-state index contributed by atoms with van der Waals surface area (Å²) in [5, 5.41) is 0. The van der Waals surface area contributed by atoms with Crippen LogP contribution >= 0.6 is 0 Å². The summed E-state index contributed by atoms with van der Waals surface area (Å²) in [7, 11) is 1.45. The molecule has 0 radical (unpaired) electrons. The quantitative estimate of drug-likeness (QED) is 0.739. The van der Waals surface area contributed by atoms with Gasteiger partial charge in [0.2, 0.25) is 0 Å². The zero-order valence-corrected chi connectivity index (χ0v) is 15.6. The molecule has 27 heavy (non-hydrogen) atoms. The number of ether oxygens (including phenoxy) is 1. The number of amides is 1. The molecule has 1 amide bonds. The van der Waals surface area contributed by atoms with Gasteiger partial charge in [0.1, 0.15) is 6.17 Å². The number of fused-ring (bicyclic) bond motifs is 1. The average Bonchev–Trinajstić information content (AvgIpc) is 2.91. The molecule has 0 aliphatic carbocycles. The highest BCUT2D eigenvalue weighted by atomic mass is 19.4. The first-order chi connectivity index (χ1) is 12.6. The van der Waals surface area contributed by atoms with E-state index >= 15 is 0 Å². The molecule has 4 nitrogen and oxygen atoms in total. The molecule has 0 saturated carbocycles. The number of carbonyl (C=O) groups is 1. The van der Waals surface area contributed by atoms with Crippen LogP contribution in [0.3, 0.4) is 0 Å².